The summed E-state index contributed by atoms with van der Waals surface area (Å²) in [7, 11) is 3.01. The second-order valence-electron chi connectivity index (χ2n) is 8.75. The van der Waals surface area contributed by atoms with Crippen molar-refractivity contribution in [1.29, 1.82) is 0 Å². The Balaban J connectivity index is 1.54. The Morgan fingerprint density at radius 2 is 1.37 bits per heavy atom. The van der Waals surface area contributed by atoms with Crippen LogP contribution in [-0.2, 0) is 23.8 Å². The van der Waals surface area contributed by atoms with E-state index in [1.54, 1.807) is 24.3 Å². The second kappa shape index (κ2) is 11.3. The van der Waals surface area contributed by atoms with Gasteiger partial charge in [-0.05, 0) is 35.4 Å². The van der Waals surface area contributed by atoms with Crippen molar-refractivity contribution in [2.75, 3.05) is 50.3 Å². The number of nitrogens with zero attached hydrogens (tertiary/aromatic N) is 2. The van der Waals surface area contributed by atoms with Crippen molar-refractivity contribution in [3.8, 4) is 22.6 Å². The van der Waals surface area contributed by atoms with Gasteiger partial charge in [0.05, 0.1) is 45.2 Å². The van der Waals surface area contributed by atoms with Crippen LogP contribution >= 0.6 is 0 Å². The van der Waals surface area contributed by atoms with Crippen LogP contribution in [0.2, 0.25) is 0 Å². The van der Waals surface area contributed by atoms with Crippen molar-refractivity contribution < 1.29 is 42.9 Å². The zero-order chi connectivity index (χ0) is 27.4. The van der Waals surface area contributed by atoms with Crippen molar-refractivity contribution >= 4 is 35.4 Å². The maximum absolute atomic E-state index is 12.5. The van der Waals surface area contributed by atoms with Gasteiger partial charge in [-0.25, -0.2) is 9.59 Å². The quantitative estimate of drug-likeness (QED) is 0.386. The number of rotatable bonds is 9. The van der Waals surface area contributed by atoms with Gasteiger partial charge in [-0.2, -0.15) is 0 Å². The Kier molecular flexibility index (Phi) is 7.89. The summed E-state index contributed by atoms with van der Waals surface area (Å²) in [5, 5.41) is 2.65. The third-order valence-electron chi connectivity index (χ3n) is 6.07. The maximum Gasteiger partial charge on any atom is 0.415 e. The van der Waals surface area contributed by atoms with Crippen molar-refractivity contribution in [2.45, 2.75) is 26.1 Å². The highest BCUT2D eigenvalue weighted by molar-refractivity contribution is 5.94. The van der Waals surface area contributed by atoms with E-state index in [1.807, 2.05) is 12.1 Å². The standard InChI is InChI=1S/C26H29N3O9/c1-15(30)27-11-19-12-28(25(32)37-19)21-7-5-17(9-23(21)34-3)18-6-8-22(24(10-18)35-4)29-13-20(38-26(29)33)14-36-16(2)31/h5-10,19-20H,11-14H2,1-4H3,(H,27,30)/t19-,20+/m0/s1. The van der Waals surface area contributed by atoms with Crippen LogP contribution in [0.1, 0.15) is 13.8 Å². The number of nitrogens with one attached hydrogen (secondary N) is 1. The monoisotopic (exact) mass is 527 g/mol. The molecule has 0 spiro atoms. The molecule has 0 bridgehead atoms. The van der Waals surface area contributed by atoms with Crippen LogP contribution in [0.15, 0.2) is 36.4 Å². The van der Waals surface area contributed by atoms with E-state index in [2.05, 4.69) is 5.32 Å². The molecule has 38 heavy (non-hydrogen) atoms. The molecule has 2 fully saturated rings. The molecule has 0 unspecified atom stereocenters. The van der Waals surface area contributed by atoms with Gasteiger partial charge in [0.25, 0.3) is 0 Å². The zero-order valence-electron chi connectivity index (χ0n) is 21.5. The zero-order valence-corrected chi connectivity index (χ0v) is 21.5. The van der Waals surface area contributed by atoms with Crippen molar-refractivity contribution in [3.05, 3.63) is 36.4 Å². The molecule has 4 rings (SSSR count). The highest BCUT2D eigenvalue weighted by Crippen LogP contribution is 2.39. The average Bonchev–Trinajstić information content (AvgIpc) is 3.46. The third-order valence-corrected chi connectivity index (χ3v) is 6.07. The van der Waals surface area contributed by atoms with Crippen LogP contribution in [0, 0.1) is 0 Å². The maximum atomic E-state index is 12.5. The SMILES string of the molecule is COc1cc(-c2ccc(N3C[C@H](COC(C)=O)OC3=O)c(OC)c2)ccc1N1C[C@H](CNC(C)=O)OC1=O. The van der Waals surface area contributed by atoms with E-state index in [-0.39, 0.29) is 32.1 Å². The Morgan fingerprint density at radius 1 is 0.868 bits per heavy atom. The largest absolute Gasteiger partial charge is 0.495 e. The van der Waals surface area contributed by atoms with Gasteiger partial charge >= 0.3 is 18.2 Å². The minimum atomic E-state index is -0.581. The number of amides is 3. The minimum Gasteiger partial charge on any atom is -0.495 e. The number of carbonyl (C=O) groups is 4. The van der Waals surface area contributed by atoms with E-state index in [0.29, 0.717) is 22.9 Å². The van der Waals surface area contributed by atoms with Gasteiger partial charge in [-0.3, -0.25) is 19.4 Å². The smallest absolute Gasteiger partial charge is 0.415 e. The number of hydrogen-bond donors (Lipinski definition) is 1. The molecule has 202 valence electrons. The summed E-state index contributed by atoms with van der Waals surface area (Å²) in [5.74, 6) is 0.249. The van der Waals surface area contributed by atoms with Gasteiger partial charge in [0.1, 0.15) is 24.2 Å². The van der Waals surface area contributed by atoms with Crippen molar-refractivity contribution in [1.82, 2.24) is 5.32 Å². The molecule has 2 aliphatic heterocycles. The van der Waals surface area contributed by atoms with Gasteiger partial charge < -0.3 is 29.0 Å². The fraction of sp³-hybridized carbons (Fsp3) is 0.385. The molecule has 2 saturated heterocycles. The average molecular weight is 528 g/mol. The van der Waals surface area contributed by atoms with Crippen LogP contribution in [0.25, 0.3) is 11.1 Å². The molecular weight excluding hydrogens is 498 g/mol. The molecule has 2 aromatic rings. The molecule has 0 radical (unpaired) electrons. The van der Waals surface area contributed by atoms with Gasteiger partial charge in [-0.1, -0.05) is 12.1 Å². The number of methoxy groups -OCH3 is 2. The third kappa shape index (κ3) is 5.74. The molecule has 0 aromatic heterocycles. The summed E-state index contributed by atoms with van der Waals surface area (Å²) < 4.78 is 26.8. The fourth-order valence-corrected chi connectivity index (χ4v) is 4.26. The second-order valence-corrected chi connectivity index (χ2v) is 8.75. The first-order chi connectivity index (χ1) is 18.2. The van der Waals surface area contributed by atoms with Crippen molar-refractivity contribution in [3.63, 3.8) is 0 Å². The molecule has 12 nitrogen and oxygen atoms in total. The number of carbonyl (C=O) groups excluding carboxylic acids is 4. The van der Waals surface area contributed by atoms with Gasteiger partial charge in [-0.15, -0.1) is 0 Å². The molecule has 2 heterocycles. The number of cyclic esters (lactones) is 2. The Labute approximate surface area is 219 Å². The summed E-state index contributed by atoms with van der Waals surface area (Å²) in [4.78, 5) is 50.1. The Bertz CT molecular complexity index is 1150. The molecule has 0 aliphatic carbocycles. The summed E-state index contributed by atoms with van der Waals surface area (Å²) in [6, 6.07) is 10.7. The van der Waals surface area contributed by atoms with Gasteiger partial charge in [0.2, 0.25) is 5.91 Å². The molecule has 2 atom stereocenters. The molecule has 2 aliphatic rings. The lowest BCUT2D eigenvalue weighted by molar-refractivity contribution is -0.143. The number of benzene rings is 2. The lowest BCUT2D eigenvalue weighted by Gasteiger charge is -2.19. The highest BCUT2D eigenvalue weighted by atomic mass is 16.6. The number of anilines is 2. The fourth-order valence-electron chi connectivity index (χ4n) is 4.26. The Morgan fingerprint density at radius 3 is 1.84 bits per heavy atom. The lowest BCUT2D eigenvalue weighted by Crippen LogP contribution is -2.33. The van der Waals surface area contributed by atoms with E-state index >= 15 is 0 Å². The predicted octanol–water partition coefficient (Wildman–Crippen LogP) is 2.72. The molecule has 0 saturated carbocycles. The predicted molar refractivity (Wildman–Crippen MR) is 136 cm³/mol. The summed E-state index contributed by atoms with van der Waals surface area (Å²) in [6.45, 7) is 3.36. The summed E-state index contributed by atoms with van der Waals surface area (Å²) in [5.41, 5.74) is 2.62. The molecule has 2 aromatic carbocycles. The van der Waals surface area contributed by atoms with Crippen LogP contribution in [0.5, 0.6) is 11.5 Å². The van der Waals surface area contributed by atoms with E-state index in [9.17, 15) is 19.2 Å². The lowest BCUT2D eigenvalue weighted by atomic mass is 10.0. The number of hydrogen-bond acceptors (Lipinski definition) is 9. The van der Waals surface area contributed by atoms with Gasteiger partial charge in [0, 0.05) is 13.8 Å². The van der Waals surface area contributed by atoms with E-state index in [0.717, 1.165) is 11.1 Å². The molecular formula is C26H29N3O9. The number of ether oxygens (including phenoxy) is 5. The Hall–Kier alpha value is -4.48. The first-order valence-electron chi connectivity index (χ1n) is 11.9. The normalized spacial score (nSPS) is 18.6. The highest BCUT2D eigenvalue weighted by Gasteiger charge is 2.35. The van der Waals surface area contributed by atoms with Crippen LogP contribution in [0.3, 0.4) is 0 Å². The van der Waals surface area contributed by atoms with Crippen LogP contribution in [-0.4, -0.2) is 76.7 Å². The minimum absolute atomic E-state index is 0.0251. The van der Waals surface area contributed by atoms with E-state index < -0.39 is 30.4 Å². The van der Waals surface area contributed by atoms with Gasteiger partial charge in [0.15, 0.2) is 6.10 Å². The number of esters is 1. The first-order valence-corrected chi connectivity index (χ1v) is 11.9. The topological polar surface area (TPSA) is 133 Å². The first kappa shape index (κ1) is 26.6. The van der Waals surface area contributed by atoms with Crippen LogP contribution in [0.4, 0.5) is 21.0 Å². The van der Waals surface area contributed by atoms with E-state index in [1.165, 1.54) is 37.9 Å². The molecule has 1 N–H and O–H groups in total. The van der Waals surface area contributed by atoms with Crippen LogP contribution < -0.4 is 24.6 Å². The van der Waals surface area contributed by atoms with E-state index in [4.69, 9.17) is 23.7 Å². The molecule has 3 amide bonds. The van der Waals surface area contributed by atoms with Crippen molar-refractivity contribution in [2.24, 2.45) is 0 Å². The molecule has 12 heteroatoms. The summed E-state index contributed by atoms with van der Waals surface area (Å²) in [6.07, 6.45) is -2.14. The summed E-state index contributed by atoms with van der Waals surface area (Å²) >= 11 is 0.